The molecule has 1 saturated heterocycles. The van der Waals surface area contributed by atoms with Gasteiger partial charge in [0.15, 0.2) is 11.6 Å². The van der Waals surface area contributed by atoms with Crippen molar-refractivity contribution in [3.63, 3.8) is 0 Å². The van der Waals surface area contributed by atoms with Crippen molar-refractivity contribution in [1.82, 2.24) is 0 Å². The van der Waals surface area contributed by atoms with Crippen molar-refractivity contribution in [2.24, 2.45) is 0 Å². The van der Waals surface area contributed by atoms with Gasteiger partial charge in [0.1, 0.15) is 11.9 Å². The minimum absolute atomic E-state index is 0.0984. The van der Waals surface area contributed by atoms with E-state index in [4.69, 9.17) is 4.74 Å². The maximum Gasteiger partial charge on any atom is 0.167 e. The predicted octanol–water partition coefficient (Wildman–Crippen LogP) is 7.94. The molecule has 34 heavy (non-hydrogen) atoms. The van der Waals surface area contributed by atoms with E-state index in [1.807, 2.05) is 30.3 Å². The number of benzene rings is 4. The van der Waals surface area contributed by atoms with Gasteiger partial charge in [0, 0.05) is 16.7 Å². The van der Waals surface area contributed by atoms with Crippen molar-refractivity contribution in [1.29, 1.82) is 0 Å². The Hall–Kier alpha value is -3.63. The van der Waals surface area contributed by atoms with E-state index in [1.165, 1.54) is 0 Å². The van der Waals surface area contributed by atoms with E-state index in [2.05, 4.69) is 6.58 Å². The van der Waals surface area contributed by atoms with Crippen molar-refractivity contribution in [2.45, 2.75) is 18.9 Å². The summed E-state index contributed by atoms with van der Waals surface area (Å²) in [7, 11) is 0. The number of halogens is 3. The highest BCUT2D eigenvalue weighted by atomic mass is 19.2. The maximum absolute atomic E-state index is 14.9. The van der Waals surface area contributed by atoms with Crippen LogP contribution >= 0.6 is 0 Å². The third-order valence-electron chi connectivity index (χ3n) is 6.25. The Morgan fingerprint density at radius 3 is 1.79 bits per heavy atom. The Labute approximate surface area is 197 Å². The summed E-state index contributed by atoms with van der Waals surface area (Å²) in [5.41, 5.74) is 5.13. The molecule has 0 spiro atoms. The van der Waals surface area contributed by atoms with Gasteiger partial charge >= 0.3 is 0 Å². The Kier molecular flexibility index (Phi) is 6.08. The molecule has 0 saturated carbocycles. The van der Waals surface area contributed by atoms with Gasteiger partial charge in [0.05, 0.1) is 6.61 Å². The molecule has 4 aromatic carbocycles. The monoisotopic (exact) mass is 456 g/mol. The van der Waals surface area contributed by atoms with Crippen LogP contribution in [0.2, 0.25) is 0 Å². The molecule has 1 atom stereocenters. The van der Waals surface area contributed by atoms with Crippen LogP contribution < -0.4 is 0 Å². The van der Waals surface area contributed by atoms with Gasteiger partial charge in [-0.3, -0.25) is 0 Å². The standard InChI is InChI=1S/C30H23F3O/c1-2-19-5-10-22(11-6-19)24-15-16-25(30(33)29(24)32)23-12-7-20(8-13-23)3-4-21-9-14-26(27(31)17-21)28-18-34-28/h2,5-17,28H,1,3-4,18H2. The Morgan fingerprint density at radius 2 is 1.26 bits per heavy atom. The third kappa shape index (κ3) is 4.55. The van der Waals surface area contributed by atoms with Gasteiger partial charge < -0.3 is 4.74 Å². The van der Waals surface area contributed by atoms with Gasteiger partial charge in [-0.25, -0.2) is 13.2 Å². The quantitative estimate of drug-likeness (QED) is 0.257. The summed E-state index contributed by atoms with van der Waals surface area (Å²) in [5, 5.41) is 0. The summed E-state index contributed by atoms with van der Waals surface area (Å²) in [5.74, 6) is -1.96. The van der Waals surface area contributed by atoms with Crippen LogP contribution in [0.25, 0.3) is 28.3 Å². The van der Waals surface area contributed by atoms with Crippen LogP contribution in [-0.2, 0) is 17.6 Å². The number of hydrogen-bond donors (Lipinski definition) is 0. The zero-order valence-corrected chi connectivity index (χ0v) is 18.5. The lowest BCUT2D eigenvalue weighted by molar-refractivity contribution is 0.408. The van der Waals surface area contributed by atoms with Crippen LogP contribution in [-0.4, -0.2) is 6.61 Å². The molecule has 0 aromatic heterocycles. The molecule has 0 bridgehead atoms. The summed E-state index contributed by atoms with van der Waals surface area (Å²) in [6.07, 6.45) is 3.00. The minimum atomic E-state index is -0.867. The Bertz CT molecular complexity index is 1340. The molecule has 1 aliphatic rings. The summed E-state index contributed by atoms with van der Waals surface area (Å²) in [6, 6.07) is 23.0. The Morgan fingerprint density at radius 1 is 0.735 bits per heavy atom. The van der Waals surface area contributed by atoms with Crippen LogP contribution in [0.15, 0.2) is 85.4 Å². The molecule has 1 heterocycles. The second-order valence-electron chi connectivity index (χ2n) is 8.49. The Balaban J connectivity index is 1.30. The average Bonchev–Trinajstić information content (AvgIpc) is 3.70. The van der Waals surface area contributed by atoms with Crippen LogP contribution in [0.5, 0.6) is 0 Å². The fourth-order valence-corrected chi connectivity index (χ4v) is 4.15. The van der Waals surface area contributed by atoms with Crippen LogP contribution in [0, 0.1) is 17.5 Å². The second-order valence-corrected chi connectivity index (χ2v) is 8.49. The van der Waals surface area contributed by atoms with Crippen molar-refractivity contribution < 1.29 is 17.9 Å². The molecular formula is C30H23F3O. The third-order valence-corrected chi connectivity index (χ3v) is 6.25. The topological polar surface area (TPSA) is 12.5 Å². The second kappa shape index (κ2) is 9.32. The molecule has 4 heteroatoms. The van der Waals surface area contributed by atoms with Gasteiger partial charge in [-0.1, -0.05) is 85.5 Å². The fraction of sp³-hybridized carbons (Fsp3) is 0.133. The molecule has 4 aromatic rings. The van der Waals surface area contributed by atoms with Crippen molar-refractivity contribution in [3.8, 4) is 22.3 Å². The first kappa shape index (κ1) is 22.2. The van der Waals surface area contributed by atoms with E-state index >= 15 is 0 Å². The lowest BCUT2D eigenvalue weighted by Gasteiger charge is -2.10. The van der Waals surface area contributed by atoms with E-state index in [-0.39, 0.29) is 23.0 Å². The van der Waals surface area contributed by atoms with E-state index < -0.39 is 11.6 Å². The van der Waals surface area contributed by atoms with E-state index in [1.54, 1.807) is 54.6 Å². The lowest BCUT2D eigenvalue weighted by atomic mass is 9.96. The van der Waals surface area contributed by atoms with Gasteiger partial charge in [-0.15, -0.1) is 0 Å². The van der Waals surface area contributed by atoms with Crippen LogP contribution in [0.1, 0.15) is 28.4 Å². The molecule has 0 amide bonds. The molecule has 1 aliphatic heterocycles. The van der Waals surface area contributed by atoms with E-state index in [0.717, 1.165) is 23.1 Å². The number of ether oxygens (including phenoxy) is 1. The first-order valence-electron chi connectivity index (χ1n) is 11.2. The molecular weight excluding hydrogens is 433 g/mol. The molecule has 5 rings (SSSR count). The largest absolute Gasteiger partial charge is 0.368 e. The summed E-state index contributed by atoms with van der Waals surface area (Å²) < 4.78 is 49.2. The molecule has 170 valence electrons. The molecule has 0 radical (unpaired) electrons. The maximum atomic E-state index is 14.9. The zero-order chi connectivity index (χ0) is 23.7. The van der Waals surface area contributed by atoms with Crippen molar-refractivity contribution >= 4 is 6.08 Å². The van der Waals surface area contributed by atoms with Gasteiger partial charge in [-0.05, 0) is 46.7 Å². The van der Waals surface area contributed by atoms with Gasteiger partial charge in [-0.2, -0.15) is 0 Å². The summed E-state index contributed by atoms with van der Waals surface area (Å²) >= 11 is 0. The zero-order valence-electron chi connectivity index (χ0n) is 18.5. The normalized spacial score (nSPS) is 14.7. The lowest BCUT2D eigenvalue weighted by Crippen LogP contribution is -1.96. The molecule has 1 nitrogen and oxygen atoms in total. The van der Waals surface area contributed by atoms with Crippen LogP contribution in [0.4, 0.5) is 13.2 Å². The number of aryl methyl sites for hydroxylation is 2. The molecule has 0 N–H and O–H groups in total. The highest BCUT2D eigenvalue weighted by molar-refractivity contribution is 5.72. The molecule has 0 aliphatic carbocycles. The van der Waals surface area contributed by atoms with E-state index in [9.17, 15) is 13.2 Å². The average molecular weight is 457 g/mol. The highest BCUT2D eigenvalue weighted by Gasteiger charge is 2.27. The highest BCUT2D eigenvalue weighted by Crippen LogP contribution is 2.33. The summed E-state index contributed by atoms with van der Waals surface area (Å²) in [4.78, 5) is 0. The van der Waals surface area contributed by atoms with Crippen LogP contribution in [0.3, 0.4) is 0 Å². The van der Waals surface area contributed by atoms with Crippen molar-refractivity contribution in [2.75, 3.05) is 6.61 Å². The SMILES string of the molecule is C=Cc1ccc(-c2ccc(-c3ccc(CCc4ccc(C5CO5)c(F)c4)cc3)c(F)c2F)cc1. The number of hydrogen-bond acceptors (Lipinski definition) is 1. The fourth-order valence-electron chi connectivity index (χ4n) is 4.15. The molecule has 1 fully saturated rings. The first-order chi connectivity index (χ1) is 16.5. The van der Waals surface area contributed by atoms with Crippen molar-refractivity contribution in [3.05, 3.63) is 125 Å². The van der Waals surface area contributed by atoms with E-state index in [0.29, 0.717) is 29.7 Å². The first-order valence-corrected chi connectivity index (χ1v) is 11.2. The predicted molar refractivity (Wildman–Crippen MR) is 130 cm³/mol. The minimum Gasteiger partial charge on any atom is -0.368 e. The molecule has 1 unspecified atom stereocenters. The number of rotatable bonds is 7. The van der Waals surface area contributed by atoms with Gasteiger partial charge in [0.25, 0.3) is 0 Å². The summed E-state index contributed by atoms with van der Waals surface area (Å²) in [6.45, 7) is 4.29. The van der Waals surface area contributed by atoms with Gasteiger partial charge in [0.2, 0.25) is 0 Å². The smallest absolute Gasteiger partial charge is 0.167 e. The number of epoxide rings is 1.